The van der Waals surface area contributed by atoms with E-state index in [9.17, 15) is 0 Å². The third-order valence-corrected chi connectivity index (χ3v) is 0.370. The first-order valence-electron chi connectivity index (χ1n) is 1.49. The van der Waals surface area contributed by atoms with Gasteiger partial charge >= 0.3 is 0 Å². The Morgan fingerprint density at radius 3 is 3.00 bits per heavy atom. The van der Waals surface area contributed by atoms with Gasteiger partial charge in [0.15, 0.2) is 6.40 Å². The Kier molecular flexibility index (Phi) is 0.774. The summed E-state index contributed by atoms with van der Waals surface area (Å²) >= 11 is 0. The molecule has 0 aromatic heterocycles. The van der Waals surface area contributed by atoms with Gasteiger partial charge < -0.3 is 4.74 Å². The zero-order valence-corrected chi connectivity index (χ0v) is 3.01. The lowest BCUT2D eigenvalue weighted by atomic mass is 11.0. The lowest BCUT2D eigenvalue weighted by Gasteiger charge is -1.92. The molecule has 1 rings (SSSR count). The maximum absolute atomic E-state index is 4.48. The molecule has 0 bridgehead atoms. The zero-order chi connectivity index (χ0) is 4.24. The predicted octanol–water partition coefficient (Wildman–Crippen LogP) is -0.176. The largest absolute Gasteiger partial charge is 0.449 e. The van der Waals surface area contributed by atoms with Gasteiger partial charge in [-0.25, -0.2) is 0 Å². The molecule has 0 spiro atoms. The maximum Gasteiger partial charge on any atom is 0.198 e. The van der Waals surface area contributed by atoms with Crippen LogP contribution in [-0.2, 0) is 4.74 Å². The summed E-state index contributed by atoms with van der Waals surface area (Å²) in [6, 6.07) is 0. The molecule has 1 heterocycles. The Labute approximate surface area is 35.3 Å². The van der Waals surface area contributed by atoms with E-state index in [0.29, 0.717) is 0 Å². The van der Waals surface area contributed by atoms with Gasteiger partial charge in [0.2, 0.25) is 0 Å². The molecule has 0 unspecified atom stereocenters. The normalized spacial score (nSPS) is 16.0. The van der Waals surface area contributed by atoms with Crippen molar-refractivity contribution in [2.24, 2.45) is 5.10 Å². The van der Waals surface area contributed by atoms with Crippen molar-refractivity contribution in [2.75, 3.05) is 0 Å². The topological polar surface area (TPSA) is 33.6 Å². The molecule has 0 aromatic rings. The summed E-state index contributed by atoms with van der Waals surface area (Å²) in [4.78, 5) is 0. The Balaban J connectivity index is 2.40. The Morgan fingerprint density at radius 1 is 1.83 bits per heavy atom. The molecule has 0 fully saturated rings. The van der Waals surface area contributed by atoms with Crippen molar-refractivity contribution in [3.8, 4) is 0 Å². The van der Waals surface area contributed by atoms with Crippen molar-refractivity contribution in [3.63, 3.8) is 0 Å². The highest BCUT2D eigenvalue weighted by atomic mass is 16.5. The van der Waals surface area contributed by atoms with Crippen molar-refractivity contribution in [1.29, 1.82) is 0 Å². The van der Waals surface area contributed by atoms with E-state index in [1.54, 1.807) is 0 Å². The zero-order valence-electron chi connectivity index (χ0n) is 3.01. The predicted molar refractivity (Wildman–Crippen MR) is 20.5 cm³/mol. The van der Waals surface area contributed by atoms with Crippen LogP contribution in [0, 0.1) is 6.20 Å². The molecular formula is C3H3N2O. The minimum absolute atomic E-state index is 1.29. The van der Waals surface area contributed by atoms with Crippen molar-refractivity contribution in [3.05, 3.63) is 12.5 Å². The van der Waals surface area contributed by atoms with Crippen LogP contribution in [0.5, 0.6) is 0 Å². The van der Waals surface area contributed by atoms with Crippen LogP contribution in [0.25, 0.3) is 0 Å². The second-order valence-electron chi connectivity index (χ2n) is 0.745. The quantitative estimate of drug-likeness (QED) is 0.441. The summed E-state index contributed by atoms with van der Waals surface area (Å²) in [5, 5.41) is 3.44. The van der Waals surface area contributed by atoms with E-state index in [0.717, 1.165) is 0 Å². The summed E-state index contributed by atoms with van der Waals surface area (Å²) < 4.78 is 4.48. The number of rotatable bonds is 0. The lowest BCUT2D eigenvalue weighted by Crippen LogP contribution is -1.99. The van der Waals surface area contributed by atoms with Gasteiger partial charge in [0.05, 0.1) is 0 Å². The smallest absolute Gasteiger partial charge is 0.198 e. The molecule has 1 aliphatic heterocycles. The first-order valence-corrected chi connectivity index (χ1v) is 1.49. The monoisotopic (exact) mass is 83.0 g/mol. The minimum Gasteiger partial charge on any atom is -0.449 e. The Bertz CT molecular complexity index is 66.8. The second-order valence-corrected chi connectivity index (χ2v) is 0.745. The van der Waals surface area contributed by atoms with Crippen molar-refractivity contribution in [1.82, 2.24) is 5.43 Å². The fraction of sp³-hybridized carbons (Fsp3) is 0. The van der Waals surface area contributed by atoms with Crippen molar-refractivity contribution in [2.45, 2.75) is 0 Å². The summed E-state index contributed by atoms with van der Waals surface area (Å²) in [5.41, 5.74) is 2.42. The minimum atomic E-state index is 1.29. The van der Waals surface area contributed by atoms with E-state index in [2.05, 4.69) is 21.5 Å². The van der Waals surface area contributed by atoms with Crippen LogP contribution in [0.15, 0.2) is 11.4 Å². The molecule has 0 aromatic carbocycles. The third kappa shape index (κ3) is 0.484. The van der Waals surface area contributed by atoms with E-state index < -0.39 is 0 Å². The van der Waals surface area contributed by atoms with E-state index in [-0.39, 0.29) is 0 Å². The molecule has 1 aliphatic rings. The van der Waals surface area contributed by atoms with Gasteiger partial charge in [-0.2, -0.15) is 0 Å². The number of nitrogens with zero attached hydrogens (tertiary/aromatic N) is 1. The number of ether oxygens (including phenoxy) is 1. The second kappa shape index (κ2) is 1.45. The van der Waals surface area contributed by atoms with Crippen LogP contribution < -0.4 is 5.43 Å². The summed E-state index contributed by atoms with van der Waals surface area (Å²) in [6.07, 6.45) is 5.16. The molecule has 0 aliphatic carbocycles. The van der Waals surface area contributed by atoms with E-state index in [1.165, 1.54) is 12.7 Å². The highest BCUT2D eigenvalue weighted by molar-refractivity contribution is 5.47. The molecule has 3 heteroatoms. The molecular weight excluding hydrogens is 80.0 g/mol. The molecule has 31 valence electrons. The van der Waals surface area contributed by atoms with Crippen LogP contribution in [-0.4, -0.2) is 6.40 Å². The van der Waals surface area contributed by atoms with Gasteiger partial charge in [-0.15, -0.1) is 5.10 Å². The molecule has 6 heavy (non-hydrogen) atoms. The van der Waals surface area contributed by atoms with E-state index in [1.807, 2.05) is 0 Å². The van der Waals surface area contributed by atoms with Gasteiger partial charge in [-0.05, 0) is 0 Å². The number of hydrogen-bond donors (Lipinski definition) is 1. The fourth-order valence-corrected chi connectivity index (χ4v) is 0.185. The summed E-state index contributed by atoms with van der Waals surface area (Å²) in [6.45, 7) is 0. The van der Waals surface area contributed by atoms with Crippen LogP contribution in [0.3, 0.4) is 0 Å². The van der Waals surface area contributed by atoms with Crippen molar-refractivity contribution >= 4 is 6.40 Å². The standard InChI is InChI=1S/C3H3N2O/c1-2-6-3-5-4-1/h2-4H. The molecule has 0 amide bonds. The average molecular weight is 83.1 g/mol. The van der Waals surface area contributed by atoms with Gasteiger partial charge in [0.1, 0.15) is 12.5 Å². The maximum atomic E-state index is 4.48. The first-order chi connectivity index (χ1) is 3.00. The fourth-order valence-electron chi connectivity index (χ4n) is 0.185. The molecule has 0 atom stereocenters. The Morgan fingerprint density at radius 2 is 2.83 bits per heavy atom. The molecule has 1 radical (unpaired) electrons. The average Bonchev–Trinajstić information content (AvgIpc) is 1.72. The summed E-state index contributed by atoms with van der Waals surface area (Å²) in [7, 11) is 0. The molecule has 0 saturated heterocycles. The third-order valence-electron chi connectivity index (χ3n) is 0.370. The molecule has 1 N–H and O–H groups in total. The highest BCUT2D eigenvalue weighted by Crippen LogP contribution is 1.73. The SMILES string of the molecule is [C]1=COC=NN1. The highest BCUT2D eigenvalue weighted by Gasteiger charge is 1.74. The Hall–Kier alpha value is -0.990. The van der Waals surface area contributed by atoms with Crippen LogP contribution in [0.4, 0.5) is 0 Å². The number of hydrazone groups is 1. The lowest BCUT2D eigenvalue weighted by molar-refractivity contribution is 0.466. The van der Waals surface area contributed by atoms with Gasteiger partial charge in [0.25, 0.3) is 0 Å². The molecule has 3 nitrogen and oxygen atoms in total. The van der Waals surface area contributed by atoms with Crippen LogP contribution >= 0.6 is 0 Å². The number of nitrogens with one attached hydrogen (secondary N) is 1. The first kappa shape index (κ1) is 3.21. The van der Waals surface area contributed by atoms with Crippen LogP contribution in [0.1, 0.15) is 0 Å². The van der Waals surface area contributed by atoms with Gasteiger partial charge in [-0.1, -0.05) is 0 Å². The molecule has 0 saturated carbocycles. The van der Waals surface area contributed by atoms with Gasteiger partial charge in [-0.3, -0.25) is 5.43 Å². The summed E-state index contributed by atoms with van der Waals surface area (Å²) in [5.74, 6) is 0. The van der Waals surface area contributed by atoms with Crippen molar-refractivity contribution < 1.29 is 4.74 Å². The van der Waals surface area contributed by atoms with E-state index in [4.69, 9.17) is 0 Å². The van der Waals surface area contributed by atoms with Gasteiger partial charge in [0, 0.05) is 0 Å². The number of hydrogen-bond acceptors (Lipinski definition) is 3. The van der Waals surface area contributed by atoms with Crippen LogP contribution in [0.2, 0.25) is 0 Å². The van der Waals surface area contributed by atoms with E-state index >= 15 is 0 Å².